The number of aromatic carboxylic acids is 1. The SMILES string of the molecule is CSCCCCCNS(=O)(=O)Cc1ccc(C(=O)O)cc1. The monoisotopic (exact) mass is 331 g/mol. The molecular weight excluding hydrogens is 310 g/mol. The molecule has 0 fully saturated rings. The lowest BCUT2D eigenvalue weighted by atomic mass is 10.1. The molecule has 0 bridgehead atoms. The fourth-order valence-electron chi connectivity index (χ4n) is 1.79. The van der Waals surface area contributed by atoms with E-state index in [1.807, 2.05) is 0 Å². The molecule has 0 radical (unpaired) electrons. The first-order valence-electron chi connectivity index (χ1n) is 6.73. The quantitative estimate of drug-likeness (QED) is 0.643. The molecule has 0 saturated carbocycles. The summed E-state index contributed by atoms with van der Waals surface area (Å²) in [6.45, 7) is 0.448. The van der Waals surface area contributed by atoms with Crippen molar-refractivity contribution in [2.24, 2.45) is 0 Å². The van der Waals surface area contributed by atoms with Gasteiger partial charge in [-0.05, 0) is 42.5 Å². The van der Waals surface area contributed by atoms with E-state index in [0.717, 1.165) is 25.0 Å². The molecule has 1 aromatic rings. The molecule has 0 atom stereocenters. The Balaban J connectivity index is 2.39. The molecule has 2 N–H and O–H groups in total. The maximum atomic E-state index is 11.9. The Bertz CT molecular complexity index is 541. The van der Waals surface area contributed by atoms with E-state index in [9.17, 15) is 13.2 Å². The molecule has 0 unspecified atom stereocenters. The predicted molar refractivity (Wildman–Crippen MR) is 86.3 cm³/mol. The van der Waals surface area contributed by atoms with Crippen LogP contribution in [0, 0.1) is 0 Å². The maximum absolute atomic E-state index is 11.9. The minimum atomic E-state index is -3.36. The largest absolute Gasteiger partial charge is 0.478 e. The van der Waals surface area contributed by atoms with Crippen LogP contribution in [0.25, 0.3) is 0 Å². The Kier molecular flexibility index (Phi) is 7.77. The first kappa shape index (κ1) is 18.0. The van der Waals surface area contributed by atoms with Crippen LogP contribution in [0.5, 0.6) is 0 Å². The number of hydrogen-bond acceptors (Lipinski definition) is 4. The zero-order valence-corrected chi connectivity index (χ0v) is 13.7. The molecule has 21 heavy (non-hydrogen) atoms. The van der Waals surface area contributed by atoms with Crippen molar-refractivity contribution in [2.45, 2.75) is 25.0 Å². The number of benzene rings is 1. The van der Waals surface area contributed by atoms with E-state index in [4.69, 9.17) is 5.11 Å². The molecule has 0 aliphatic carbocycles. The van der Waals surface area contributed by atoms with E-state index < -0.39 is 16.0 Å². The second-order valence-corrected chi connectivity index (χ2v) is 7.50. The summed E-state index contributed by atoms with van der Waals surface area (Å²) in [4.78, 5) is 10.7. The summed E-state index contributed by atoms with van der Waals surface area (Å²) in [5, 5.41) is 8.78. The third kappa shape index (κ3) is 7.50. The van der Waals surface area contributed by atoms with Crippen molar-refractivity contribution in [1.82, 2.24) is 4.72 Å². The highest BCUT2D eigenvalue weighted by atomic mass is 32.2. The molecule has 0 aliphatic rings. The first-order chi connectivity index (χ1) is 9.94. The molecular formula is C14H21NO4S2. The van der Waals surface area contributed by atoms with Gasteiger partial charge in [-0.1, -0.05) is 18.6 Å². The maximum Gasteiger partial charge on any atom is 0.335 e. The van der Waals surface area contributed by atoms with Gasteiger partial charge in [0, 0.05) is 6.54 Å². The third-order valence-corrected chi connectivity index (χ3v) is 4.96. The average Bonchev–Trinajstić information content (AvgIpc) is 2.43. The van der Waals surface area contributed by atoms with Gasteiger partial charge in [-0.15, -0.1) is 0 Å². The Morgan fingerprint density at radius 2 is 1.86 bits per heavy atom. The van der Waals surface area contributed by atoms with Gasteiger partial charge in [0.2, 0.25) is 10.0 Å². The van der Waals surface area contributed by atoms with Crippen LogP contribution in [-0.4, -0.2) is 38.0 Å². The van der Waals surface area contributed by atoms with Crippen molar-refractivity contribution in [1.29, 1.82) is 0 Å². The molecule has 0 aromatic heterocycles. The molecule has 0 spiro atoms. The highest BCUT2D eigenvalue weighted by Crippen LogP contribution is 2.08. The zero-order chi connectivity index (χ0) is 15.7. The molecule has 1 aromatic carbocycles. The minimum Gasteiger partial charge on any atom is -0.478 e. The smallest absolute Gasteiger partial charge is 0.335 e. The zero-order valence-electron chi connectivity index (χ0n) is 12.0. The number of hydrogen-bond donors (Lipinski definition) is 2. The summed E-state index contributed by atoms with van der Waals surface area (Å²) in [7, 11) is -3.36. The topological polar surface area (TPSA) is 83.5 Å². The third-order valence-electron chi connectivity index (χ3n) is 2.90. The van der Waals surface area contributed by atoms with Gasteiger partial charge < -0.3 is 5.11 Å². The summed E-state index contributed by atoms with van der Waals surface area (Å²) in [5.41, 5.74) is 0.729. The molecule has 0 heterocycles. The van der Waals surface area contributed by atoms with Crippen LogP contribution >= 0.6 is 11.8 Å². The van der Waals surface area contributed by atoms with Gasteiger partial charge in [-0.2, -0.15) is 11.8 Å². The highest BCUT2D eigenvalue weighted by Gasteiger charge is 2.11. The van der Waals surface area contributed by atoms with Gasteiger partial charge in [0.05, 0.1) is 11.3 Å². The molecule has 0 aliphatic heterocycles. The summed E-state index contributed by atoms with van der Waals surface area (Å²) in [6.07, 6.45) is 4.99. The lowest BCUT2D eigenvalue weighted by Gasteiger charge is -2.07. The lowest BCUT2D eigenvalue weighted by molar-refractivity contribution is 0.0697. The number of carbonyl (C=O) groups is 1. The number of nitrogens with one attached hydrogen (secondary N) is 1. The van der Waals surface area contributed by atoms with E-state index in [0.29, 0.717) is 12.1 Å². The van der Waals surface area contributed by atoms with Gasteiger partial charge in [-0.25, -0.2) is 17.9 Å². The Labute approximate surface area is 130 Å². The van der Waals surface area contributed by atoms with Crippen LogP contribution in [0.4, 0.5) is 0 Å². The van der Waals surface area contributed by atoms with Crippen LogP contribution in [0.1, 0.15) is 35.2 Å². The molecule has 5 nitrogen and oxygen atoms in total. The summed E-state index contributed by atoms with van der Waals surface area (Å²) in [5.74, 6) is -0.0480. The number of carboxylic acid groups (broad SMARTS) is 1. The van der Waals surface area contributed by atoms with Crippen molar-refractivity contribution >= 4 is 27.8 Å². The normalized spacial score (nSPS) is 11.5. The van der Waals surface area contributed by atoms with Gasteiger partial charge >= 0.3 is 5.97 Å². The van der Waals surface area contributed by atoms with E-state index in [1.54, 1.807) is 11.8 Å². The van der Waals surface area contributed by atoms with Crippen molar-refractivity contribution < 1.29 is 18.3 Å². The molecule has 0 amide bonds. The van der Waals surface area contributed by atoms with Crippen molar-refractivity contribution in [3.63, 3.8) is 0 Å². The number of unbranched alkanes of at least 4 members (excludes halogenated alkanes) is 2. The van der Waals surface area contributed by atoms with Gasteiger partial charge in [0.15, 0.2) is 0 Å². The van der Waals surface area contributed by atoms with Gasteiger partial charge in [0.1, 0.15) is 0 Å². The van der Waals surface area contributed by atoms with Crippen LogP contribution in [-0.2, 0) is 15.8 Å². The first-order valence-corrected chi connectivity index (χ1v) is 9.78. The van der Waals surface area contributed by atoms with Crippen molar-refractivity contribution in [3.05, 3.63) is 35.4 Å². The standard InChI is InChI=1S/C14H21NO4S2/c1-20-10-4-2-3-9-15-21(18,19)11-12-5-7-13(8-6-12)14(16)17/h5-8,15H,2-4,9-11H2,1H3,(H,16,17). The molecule has 118 valence electrons. The van der Waals surface area contributed by atoms with E-state index >= 15 is 0 Å². The Morgan fingerprint density at radius 3 is 2.43 bits per heavy atom. The average molecular weight is 331 g/mol. The van der Waals surface area contributed by atoms with Crippen molar-refractivity contribution in [2.75, 3.05) is 18.6 Å². The van der Waals surface area contributed by atoms with Crippen molar-refractivity contribution in [3.8, 4) is 0 Å². The fourth-order valence-corrected chi connectivity index (χ4v) is 3.47. The van der Waals surface area contributed by atoms with E-state index in [-0.39, 0.29) is 11.3 Å². The van der Waals surface area contributed by atoms with Crippen LogP contribution in [0.3, 0.4) is 0 Å². The Morgan fingerprint density at radius 1 is 1.19 bits per heavy atom. The summed E-state index contributed by atoms with van der Waals surface area (Å²) in [6, 6.07) is 5.88. The molecule has 7 heteroatoms. The highest BCUT2D eigenvalue weighted by molar-refractivity contribution is 7.98. The lowest BCUT2D eigenvalue weighted by Crippen LogP contribution is -2.26. The van der Waals surface area contributed by atoms with E-state index in [1.165, 1.54) is 24.3 Å². The second kappa shape index (κ2) is 9.07. The van der Waals surface area contributed by atoms with Crippen LogP contribution in [0.15, 0.2) is 24.3 Å². The van der Waals surface area contributed by atoms with Crippen LogP contribution < -0.4 is 4.72 Å². The number of rotatable bonds is 10. The second-order valence-electron chi connectivity index (χ2n) is 4.71. The molecule has 1 rings (SSSR count). The number of carboxylic acids is 1. The number of thioether (sulfide) groups is 1. The minimum absolute atomic E-state index is 0.127. The van der Waals surface area contributed by atoms with Gasteiger partial charge in [-0.3, -0.25) is 0 Å². The van der Waals surface area contributed by atoms with Crippen LogP contribution in [0.2, 0.25) is 0 Å². The van der Waals surface area contributed by atoms with E-state index in [2.05, 4.69) is 11.0 Å². The molecule has 0 saturated heterocycles. The number of sulfonamides is 1. The van der Waals surface area contributed by atoms with Gasteiger partial charge in [0.25, 0.3) is 0 Å². The summed E-state index contributed by atoms with van der Waals surface area (Å²) < 4.78 is 26.3. The Hall–Kier alpha value is -1.05. The summed E-state index contributed by atoms with van der Waals surface area (Å²) >= 11 is 1.79. The predicted octanol–water partition coefficient (Wildman–Crippen LogP) is 2.34. The fraction of sp³-hybridized carbons (Fsp3) is 0.500.